The third-order valence-electron chi connectivity index (χ3n) is 1.98. The number of ether oxygens (including phenoxy) is 1. The van der Waals surface area contributed by atoms with Crippen molar-refractivity contribution in [1.82, 2.24) is 4.90 Å². The Hall–Kier alpha value is -1.43. The van der Waals surface area contributed by atoms with E-state index in [9.17, 15) is 4.79 Å². The molecule has 0 saturated heterocycles. The van der Waals surface area contributed by atoms with Gasteiger partial charge in [-0.2, -0.15) is 0 Å². The maximum Gasteiger partial charge on any atom is 0.384 e. The van der Waals surface area contributed by atoms with Gasteiger partial charge in [-0.15, -0.1) is 0 Å². The summed E-state index contributed by atoms with van der Waals surface area (Å²) in [6, 6.07) is 0. The van der Waals surface area contributed by atoms with Gasteiger partial charge in [0.1, 0.15) is 5.69 Å². The highest BCUT2D eigenvalue weighted by Gasteiger charge is 2.18. The average molecular weight is 256 g/mol. The van der Waals surface area contributed by atoms with Gasteiger partial charge in [0.05, 0.1) is 6.61 Å². The minimum absolute atomic E-state index is 0.212. The van der Waals surface area contributed by atoms with Gasteiger partial charge in [-0.3, -0.25) is 0 Å². The van der Waals surface area contributed by atoms with Crippen LogP contribution in [-0.4, -0.2) is 37.9 Å². The van der Waals surface area contributed by atoms with E-state index in [4.69, 9.17) is 4.74 Å². The van der Waals surface area contributed by atoms with Crippen LogP contribution in [0, 0.1) is 6.92 Å². The van der Waals surface area contributed by atoms with Crippen molar-refractivity contribution in [3.05, 3.63) is 11.1 Å². The van der Waals surface area contributed by atoms with Crippen molar-refractivity contribution < 1.29 is 14.1 Å². The van der Waals surface area contributed by atoms with E-state index in [1.165, 1.54) is 11.3 Å². The highest BCUT2D eigenvalue weighted by Crippen LogP contribution is 2.15. The molecular formula is C11H18N3O2S+. The molecule has 0 spiro atoms. The van der Waals surface area contributed by atoms with Gasteiger partial charge in [0.25, 0.3) is 0 Å². The molecule has 0 atom stereocenters. The second kappa shape index (κ2) is 6.34. The largest absolute Gasteiger partial charge is 0.463 e. The maximum absolute atomic E-state index is 11.5. The number of nitrogens with zero attached hydrogens (tertiary/aromatic N) is 3. The van der Waals surface area contributed by atoms with Gasteiger partial charge in [0.15, 0.2) is 6.54 Å². The standard InChI is InChI=1S/C11H18N3O2S/c1-5-16-10(15)6-14-9(2)7-17-11(14)12-8-13(3)4/h7-8H,5-6H2,1-4H3/q+1. The molecule has 1 aromatic rings. The van der Waals surface area contributed by atoms with Crippen molar-refractivity contribution in [3.63, 3.8) is 0 Å². The molecule has 0 bridgehead atoms. The van der Waals surface area contributed by atoms with E-state index in [1.807, 2.05) is 35.9 Å². The highest BCUT2D eigenvalue weighted by molar-refractivity contribution is 7.13. The fourth-order valence-corrected chi connectivity index (χ4v) is 2.06. The minimum Gasteiger partial charge on any atom is -0.463 e. The zero-order valence-corrected chi connectivity index (χ0v) is 11.5. The number of thiazole rings is 1. The predicted octanol–water partition coefficient (Wildman–Crippen LogP) is 1.13. The summed E-state index contributed by atoms with van der Waals surface area (Å²) in [5, 5.41) is 2.77. The van der Waals surface area contributed by atoms with Gasteiger partial charge in [-0.1, -0.05) is 11.3 Å². The fraction of sp³-hybridized carbons (Fsp3) is 0.545. The van der Waals surface area contributed by atoms with Crippen molar-refractivity contribution in [2.45, 2.75) is 20.4 Å². The van der Waals surface area contributed by atoms with Crippen LogP contribution in [0.2, 0.25) is 0 Å². The number of aryl methyl sites for hydroxylation is 1. The first kappa shape index (κ1) is 13.6. The molecule has 0 N–H and O–H groups in total. The van der Waals surface area contributed by atoms with Gasteiger partial charge in [0, 0.05) is 19.5 Å². The Bertz CT molecular complexity index is 413. The molecule has 0 aliphatic rings. The molecule has 0 aliphatic carbocycles. The van der Waals surface area contributed by atoms with E-state index in [0.717, 1.165) is 10.8 Å². The molecule has 1 aromatic heterocycles. The zero-order valence-electron chi connectivity index (χ0n) is 10.6. The Balaban J connectivity index is 2.83. The first-order valence-electron chi connectivity index (χ1n) is 5.38. The van der Waals surface area contributed by atoms with Gasteiger partial charge < -0.3 is 9.64 Å². The Morgan fingerprint density at radius 2 is 2.35 bits per heavy atom. The summed E-state index contributed by atoms with van der Waals surface area (Å²) < 4.78 is 6.78. The van der Waals surface area contributed by atoms with E-state index >= 15 is 0 Å². The van der Waals surface area contributed by atoms with Crippen LogP contribution in [0.4, 0.5) is 5.13 Å². The molecule has 1 rings (SSSR count). The number of carbonyl (C=O) groups excluding carboxylic acids is 1. The molecule has 0 aliphatic heterocycles. The first-order valence-corrected chi connectivity index (χ1v) is 6.26. The minimum atomic E-state index is -0.236. The van der Waals surface area contributed by atoms with E-state index in [1.54, 1.807) is 13.3 Å². The van der Waals surface area contributed by atoms with Gasteiger partial charge in [-0.05, 0) is 18.8 Å². The smallest absolute Gasteiger partial charge is 0.384 e. The van der Waals surface area contributed by atoms with Gasteiger partial charge in [0.2, 0.25) is 6.34 Å². The van der Waals surface area contributed by atoms with E-state index in [2.05, 4.69) is 4.99 Å². The van der Waals surface area contributed by atoms with Crippen LogP contribution >= 0.6 is 11.3 Å². The number of hydrogen-bond acceptors (Lipinski definition) is 4. The molecular weight excluding hydrogens is 238 g/mol. The van der Waals surface area contributed by atoms with Crippen LogP contribution in [0.15, 0.2) is 10.4 Å². The predicted molar refractivity (Wildman–Crippen MR) is 67.7 cm³/mol. The Kier molecular flexibility index (Phi) is 5.09. The summed E-state index contributed by atoms with van der Waals surface area (Å²) in [5.74, 6) is -0.236. The summed E-state index contributed by atoms with van der Waals surface area (Å²) in [6.45, 7) is 4.36. The number of aromatic nitrogens is 1. The molecule has 5 nitrogen and oxygen atoms in total. The summed E-state index contributed by atoms with van der Waals surface area (Å²) >= 11 is 1.51. The molecule has 0 fully saturated rings. The molecule has 94 valence electrons. The Morgan fingerprint density at radius 3 is 2.94 bits per heavy atom. The summed E-state index contributed by atoms with van der Waals surface area (Å²) in [7, 11) is 3.80. The van der Waals surface area contributed by atoms with Crippen molar-refractivity contribution in [1.29, 1.82) is 0 Å². The topological polar surface area (TPSA) is 45.8 Å². The van der Waals surface area contributed by atoms with E-state index < -0.39 is 0 Å². The third-order valence-corrected chi connectivity index (χ3v) is 2.98. The molecule has 17 heavy (non-hydrogen) atoms. The van der Waals surface area contributed by atoms with Crippen molar-refractivity contribution in [2.24, 2.45) is 4.99 Å². The molecule has 0 amide bonds. The molecule has 6 heteroatoms. The Morgan fingerprint density at radius 1 is 1.65 bits per heavy atom. The van der Waals surface area contributed by atoms with E-state index in [0.29, 0.717) is 6.61 Å². The number of aliphatic imine (C=N–C) groups is 1. The van der Waals surface area contributed by atoms with Crippen LogP contribution in [-0.2, 0) is 16.1 Å². The first-order chi connectivity index (χ1) is 8.04. The maximum atomic E-state index is 11.5. The second-order valence-electron chi connectivity index (χ2n) is 3.76. The lowest BCUT2D eigenvalue weighted by atomic mass is 10.5. The number of esters is 1. The molecule has 0 aromatic carbocycles. The number of rotatable bonds is 5. The summed E-state index contributed by atoms with van der Waals surface area (Å²) in [6.07, 6.45) is 1.72. The Labute approximate surface area is 105 Å². The molecule has 0 radical (unpaired) electrons. The monoisotopic (exact) mass is 256 g/mol. The van der Waals surface area contributed by atoms with Crippen LogP contribution in [0.5, 0.6) is 0 Å². The summed E-state index contributed by atoms with van der Waals surface area (Å²) in [5.41, 5.74) is 1.01. The van der Waals surface area contributed by atoms with Crippen LogP contribution in [0.3, 0.4) is 0 Å². The molecule has 0 unspecified atom stereocenters. The number of hydrogen-bond donors (Lipinski definition) is 0. The lowest BCUT2D eigenvalue weighted by molar-refractivity contribution is -0.674. The molecule has 0 saturated carbocycles. The van der Waals surface area contributed by atoms with Crippen molar-refractivity contribution in [2.75, 3.05) is 20.7 Å². The normalized spacial score (nSPS) is 10.8. The average Bonchev–Trinajstić information content (AvgIpc) is 2.58. The fourth-order valence-electron chi connectivity index (χ4n) is 1.21. The number of carbonyl (C=O) groups is 1. The zero-order chi connectivity index (χ0) is 12.8. The SMILES string of the molecule is CCOC(=O)C[n+]1c(C)csc1N=CN(C)C. The quantitative estimate of drug-likeness (QED) is 0.343. The van der Waals surface area contributed by atoms with E-state index in [-0.39, 0.29) is 12.5 Å². The highest BCUT2D eigenvalue weighted by atomic mass is 32.1. The van der Waals surface area contributed by atoms with Crippen LogP contribution in [0.25, 0.3) is 0 Å². The van der Waals surface area contributed by atoms with Gasteiger partial charge in [-0.25, -0.2) is 9.36 Å². The molecule has 1 heterocycles. The third kappa shape index (κ3) is 4.14. The summed E-state index contributed by atoms with van der Waals surface area (Å²) in [4.78, 5) is 17.6. The lowest BCUT2D eigenvalue weighted by Gasteiger charge is -2.01. The second-order valence-corrected chi connectivity index (χ2v) is 4.60. The van der Waals surface area contributed by atoms with Crippen LogP contribution in [0.1, 0.15) is 12.6 Å². The van der Waals surface area contributed by atoms with Crippen molar-refractivity contribution >= 4 is 28.8 Å². The van der Waals surface area contributed by atoms with Crippen molar-refractivity contribution in [3.8, 4) is 0 Å². The lowest BCUT2D eigenvalue weighted by Crippen LogP contribution is -2.39. The van der Waals surface area contributed by atoms with Crippen LogP contribution < -0.4 is 4.57 Å². The van der Waals surface area contributed by atoms with Gasteiger partial charge >= 0.3 is 11.1 Å².